The predicted octanol–water partition coefficient (Wildman–Crippen LogP) is 3.66. The van der Waals surface area contributed by atoms with Crippen LogP contribution in [0.5, 0.6) is 0 Å². The normalized spacial score (nSPS) is 11.0. The lowest BCUT2D eigenvalue weighted by atomic mass is 10.1. The summed E-state index contributed by atoms with van der Waals surface area (Å²) in [6, 6.07) is 13.4. The monoisotopic (exact) mass is 288 g/mol. The van der Waals surface area contributed by atoms with Crippen molar-refractivity contribution < 1.29 is 4.42 Å². The molecule has 0 fully saturated rings. The van der Waals surface area contributed by atoms with Gasteiger partial charge >= 0.3 is 0 Å². The lowest BCUT2D eigenvalue weighted by molar-refractivity contribution is 0.570. The van der Waals surface area contributed by atoms with Gasteiger partial charge in [-0.1, -0.05) is 6.07 Å². The highest BCUT2D eigenvalue weighted by Crippen LogP contribution is 2.29. The molecule has 0 bridgehead atoms. The van der Waals surface area contributed by atoms with E-state index in [4.69, 9.17) is 4.42 Å². The molecular formula is C17H12N4O. The third kappa shape index (κ3) is 2.13. The molecule has 0 aliphatic carbocycles. The van der Waals surface area contributed by atoms with E-state index in [1.165, 1.54) is 6.39 Å². The third-order valence-electron chi connectivity index (χ3n) is 3.39. The van der Waals surface area contributed by atoms with Gasteiger partial charge in [0.05, 0.1) is 16.7 Å². The van der Waals surface area contributed by atoms with E-state index in [9.17, 15) is 0 Å². The molecule has 5 nitrogen and oxygen atoms in total. The number of hydrogen-bond donors (Lipinski definition) is 0. The fourth-order valence-corrected chi connectivity index (χ4v) is 2.37. The van der Waals surface area contributed by atoms with Gasteiger partial charge in [0, 0.05) is 11.9 Å². The van der Waals surface area contributed by atoms with Crippen LogP contribution in [0.2, 0.25) is 0 Å². The van der Waals surface area contributed by atoms with Crippen molar-refractivity contribution in [2.24, 2.45) is 0 Å². The quantitative estimate of drug-likeness (QED) is 0.563. The van der Waals surface area contributed by atoms with Crippen LogP contribution in [0.1, 0.15) is 5.69 Å². The molecule has 0 aromatic carbocycles. The predicted molar refractivity (Wildman–Crippen MR) is 83.0 cm³/mol. The lowest BCUT2D eigenvalue weighted by Crippen LogP contribution is -1.91. The van der Waals surface area contributed by atoms with Crippen LogP contribution in [0.4, 0.5) is 0 Å². The molecule has 0 unspecified atom stereocenters. The molecule has 0 aliphatic heterocycles. The summed E-state index contributed by atoms with van der Waals surface area (Å²) in [6.45, 7) is 1.94. The molecule has 22 heavy (non-hydrogen) atoms. The van der Waals surface area contributed by atoms with Gasteiger partial charge in [-0.15, -0.1) is 0 Å². The molecule has 0 spiro atoms. The van der Waals surface area contributed by atoms with E-state index in [0.717, 1.165) is 28.1 Å². The van der Waals surface area contributed by atoms with Gasteiger partial charge in [0.2, 0.25) is 0 Å². The fourth-order valence-electron chi connectivity index (χ4n) is 2.37. The van der Waals surface area contributed by atoms with E-state index in [2.05, 4.69) is 19.9 Å². The minimum Gasteiger partial charge on any atom is -0.441 e. The van der Waals surface area contributed by atoms with E-state index in [1.807, 2.05) is 49.4 Å². The lowest BCUT2D eigenvalue weighted by Gasteiger charge is -2.03. The summed E-state index contributed by atoms with van der Waals surface area (Å²) >= 11 is 0. The number of pyridine rings is 3. The Morgan fingerprint density at radius 2 is 1.77 bits per heavy atom. The van der Waals surface area contributed by atoms with Crippen molar-refractivity contribution in [1.82, 2.24) is 19.9 Å². The number of hydrogen-bond acceptors (Lipinski definition) is 5. The zero-order valence-corrected chi connectivity index (χ0v) is 11.9. The standard InChI is InChI=1S/C17H12N4O/c1-11-4-2-5-15(20-11)17-16(19-10-22-17)14-8-7-12-13(21-14)6-3-9-18-12/h2-10H,1H3. The number of nitrogens with zero attached hydrogens (tertiary/aromatic N) is 4. The van der Waals surface area contributed by atoms with E-state index in [1.54, 1.807) is 6.20 Å². The molecule has 0 N–H and O–H groups in total. The zero-order valence-electron chi connectivity index (χ0n) is 11.9. The Morgan fingerprint density at radius 1 is 0.818 bits per heavy atom. The van der Waals surface area contributed by atoms with Crippen LogP contribution in [0, 0.1) is 6.92 Å². The van der Waals surface area contributed by atoms with Gasteiger partial charge in [-0.3, -0.25) is 4.98 Å². The minimum absolute atomic E-state index is 0.624. The maximum atomic E-state index is 5.54. The SMILES string of the molecule is Cc1cccc(-c2ocnc2-c2ccc3ncccc3n2)n1. The maximum absolute atomic E-state index is 5.54. The Kier molecular flexibility index (Phi) is 2.89. The molecule has 0 saturated heterocycles. The first-order valence-electron chi connectivity index (χ1n) is 6.91. The van der Waals surface area contributed by atoms with Crippen LogP contribution in [-0.4, -0.2) is 19.9 Å². The molecule has 0 radical (unpaired) electrons. The summed E-state index contributed by atoms with van der Waals surface area (Å²) in [6.07, 6.45) is 3.17. The van der Waals surface area contributed by atoms with Crippen LogP contribution in [0.3, 0.4) is 0 Å². The first-order chi connectivity index (χ1) is 10.8. The third-order valence-corrected chi connectivity index (χ3v) is 3.39. The molecule has 4 aromatic rings. The number of oxazole rings is 1. The molecule has 0 amide bonds. The average molecular weight is 288 g/mol. The number of aryl methyl sites for hydroxylation is 1. The molecule has 0 atom stereocenters. The molecule has 4 heterocycles. The highest BCUT2D eigenvalue weighted by molar-refractivity contribution is 5.80. The second-order valence-electron chi connectivity index (χ2n) is 4.93. The van der Waals surface area contributed by atoms with E-state index < -0.39 is 0 Å². The first-order valence-corrected chi connectivity index (χ1v) is 6.91. The smallest absolute Gasteiger partial charge is 0.182 e. The summed E-state index contributed by atoms with van der Waals surface area (Å²) < 4.78 is 5.54. The van der Waals surface area contributed by atoms with Crippen molar-refractivity contribution in [1.29, 1.82) is 0 Å². The summed E-state index contributed by atoms with van der Waals surface area (Å²) in [4.78, 5) is 17.7. The van der Waals surface area contributed by atoms with Gasteiger partial charge in [0.25, 0.3) is 0 Å². The molecule has 0 aliphatic rings. The van der Waals surface area contributed by atoms with Crippen LogP contribution in [0.25, 0.3) is 33.9 Å². The van der Waals surface area contributed by atoms with Gasteiger partial charge in [0.1, 0.15) is 11.4 Å². The first kappa shape index (κ1) is 12.6. The Balaban J connectivity index is 1.87. The summed E-state index contributed by atoms with van der Waals surface area (Å²) in [5.41, 5.74) is 4.78. The van der Waals surface area contributed by atoms with Crippen molar-refractivity contribution >= 4 is 11.0 Å². The Morgan fingerprint density at radius 3 is 2.68 bits per heavy atom. The highest BCUT2D eigenvalue weighted by Gasteiger charge is 2.15. The van der Waals surface area contributed by atoms with Gasteiger partial charge in [-0.05, 0) is 43.3 Å². The van der Waals surface area contributed by atoms with Gasteiger partial charge in [0.15, 0.2) is 12.2 Å². The van der Waals surface area contributed by atoms with E-state index in [0.29, 0.717) is 11.5 Å². The minimum atomic E-state index is 0.624. The van der Waals surface area contributed by atoms with Crippen molar-refractivity contribution in [3.05, 3.63) is 60.7 Å². The van der Waals surface area contributed by atoms with E-state index >= 15 is 0 Å². The number of fused-ring (bicyclic) bond motifs is 1. The average Bonchev–Trinajstić information content (AvgIpc) is 3.04. The van der Waals surface area contributed by atoms with E-state index in [-0.39, 0.29) is 0 Å². The summed E-state index contributed by atoms with van der Waals surface area (Å²) in [7, 11) is 0. The Labute approximate surface area is 126 Å². The Bertz CT molecular complexity index is 961. The molecule has 5 heteroatoms. The van der Waals surface area contributed by atoms with Crippen molar-refractivity contribution in [3.63, 3.8) is 0 Å². The van der Waals surface area contributed by atoms with Gasteiger partial charge in [-0.25, -0.2) is 15.0 Å². The summed E-state index contributed by atoms with van der Waals surface area (Å²) in [5.74, 6) is 0.624. The number of rotatable bonds is 2. The van der Waals surface area contributed by atoms with Crippen LogP contribution in [0.15, 0.2) is 59.5 Å². The Hall–Kier alpha value is -3.08. The van der Waals surface area contributed by atoms with Gasteiger partial charge < -0.3 is 4.42 Å². The van der Waals surface area contributed by atoms with Gasteiger partial charge in [-0.2, -0.15) is 0 Å². The largest absolute Gasteiger partial charge is 0.441 e. The molecule has 4 aromatic heterocycles. The molecule has 4 rings (SSSR count). The van der Waals surface area contributed by atoms with Crippen LogP contribution >= 0.6 is 0 Å². The van der Waals surface area contributed by atoms with Crippen molar-refractivity contribution in [2.75, 3.05) is 0 Å². The zero-order chi connectivity index (χ0) is 14.9. The van der Waals surface area contributed by atoms with Crippen LogP contribution < -0.4 is 0 Å². The van der Waals surface area contributed by atoms with Crippen molar-refractivity contribution in [3.8, 4) is 22.8 Å². The molecular weight excluding hydrogens is 276 g/mol. The van der Waals surface area contributed by atoms with Crippen LogP contribution in [-0.2, 0) is 0 Å². The second-order valence-corrected chi connectivity index (χ2v) is 4.93. The highest BCUT2D eigenvalue weighted by atomic mass is 16.3. The fraction of sp³-hybridized carbons (Fsp3) is 0.0588. The second kappa shape index (κ2) is 5.04. The van der Waals surface area contributed by atoms with Crippen molar-refractivity contribution in [2.45, 2.75) is 6.92 Å². The topological polar surface area (TPSA) is 64.7 Å². The summed E-state index contributed by atoms with van der Waals surface area (Å²) in [5, 5.41) is 0. The molecule has 0 saturated carbocycles. The maximum Gasteiger partial charge on any atom is 0.182 e. The number of aromatic nitrogens is 4. The molecule has 106 valence electrons.